The van der Waals surface area contributed by atoms with Gasteiger partial charge >= 0.3 is 0 Å². The van der Waals surface area contributed by atoms with Gasteiger partial charge in [0.1, 0.15) is 0 Å². The van der Waals surface area contributed by atoms with Crippen LogP contribution in [-0.4, -0.2) is 12.6 Å². The molecule has 16 heavy (non-hydrogen) atoms. The second-order valence-corrected chi connectivity index (χ2v) is 4.55. The van der Waals surface area contributed by atoms with Crippen LogP contribution in [-0.2, 0) is 0 Å². The third-order valence-corrected chi connectivity index (χ3v) is 2.90. The summed E-state index contributed by atoms with van der Waals surface area (Å²) in [5.74, 6) is 0. The van der Waals surface area contributed by atoms with Gasteiger partial charge in [-0.2, -0.15) is 0 Å². The summed E-state index contributed by atoms with van der Waals surface area (Å²) in [6, 6.07) is 8.35. The summed E-state index contributed by atoms with van der Waals surface area (Å²) in [4.78, 5) is 0. The predicted molar refractivity (Wildman–Crippen MR) is 72.9 cm³/mol. The van der Waals surface area contributed by atoms with E-state index in [-0.39, 0.29) is 0 Å². The summed E-state index contributed by atoms with van der Waals surface area (Å²) >= 11 is 5.85. The van der Waals surface area contributed by atoms with Crippen molar-refractivity contribution in [1.82, 2.24) is 5.32 Å². The van der Waals surface area contributed by atoms with E-state index in [0.29, 0.717) is 6.04 Å². The standard InChI is InChI=1S/C14H20ClN/c1-4-9-16-12(3)11(2)10-13-5-7-14(15)8-6-13/h5-8,10,12,16H,4,9H2,1-3H3/b11-10+. The largest absolute Gasteiger partial charge is 0.311 e. The van der Waals surface area contributed by atoms with E-state index in [0.717, 1.165) is 11.6 Å². The minimum Gasteiger partial charge on any atom is -0.311 e. The highest BCUT2D eigenvalue weighted by atomic mass is 35.5. The van der Waals surface area contributed by atoms with E-state index < -0.39 is 0 Å². The number of nitrogens with one attached hydrogen (secondary N) is 1. The summed E-state index contributed by atoms with van der Waals surface area (Å²) in [6.45, 7) is 7.59. The molecule has 1 rings (SSSR count). The Kier molecular flexibility index (Phi) is 5.58. The molecular formula is C14H20ClN. The SMILES string of the molecule is CCCNC(C)/C(C)=C/c1ccc(Cl)cc1. The molecule has 1 unspecified atom stereocenters. The number of benzene rings is 1. The summed E-state index contributed by atoms with van der Waals surface area (Å²) in [7, 11) is 0. The zero-order valence-electron chi connectivity index (χ0n) is 10.3. The van der Waals surface area contributed by atoms with Crippen molar-refractivity contribution < 1.29 is 0 Å². The first-order valence-corrected chi connectivity index (χ1v) is 6.18. The van der Waals surface area contributed by atoms with Gasteiger partial charge in [0.05, 0.1) is 0 Å². The maximum absolute atomic E-state index is 5.85. The normalized spacial score (nSPS) is 13.9. The molecule has 0 heterocycles. The molecule has 0 bridgehead atoms. The smallest absolute Gasteiger partial charge is 0.0406 e. The summed E-state index contributed by atoms with van der Waals surface area (Å²) in [5.41, 5.74) is 2.54. The molecule has 0 saturated carbocycles. The molecule has 2 heteroatoms. The lowest BCUT2D eigenvalue weighted by molar-refractivity contribution is 0.604. The van der Waals surface area contributed by atoms with Crippen LogP contribution in [0.15, 0.2) is 29.8 Å². The number of hydrogen-bond acceptors (Lipinski definition) is 1. The lowest BCUT2D eigenvalue weighted by atomic mass is 10.1. The van der Waals surface area contributed by atoms with Crippen molar-refractivity contribution in [1.29, 1.82) is 0 Å². The molecule has 0 amide bonds. The second-order valence-electron chi connectivity index (χ2n) is 4.12. The molecule has 0 radical (unpaired) electrons. The molecule has 1 N–H and O–H groups in total. The van der Waals surface area contributed by atoms with Gasteiger partial charge in [0.2, 0.25) is 0 Å². The van der Waals surface area contributed by atoms with Gasteiger partial charge in [-0.05, 0) is 44.5 Å². The minimum absolute atomic E-state index is 0.427. The highest BCUT2D eigenvalue weighted by Gasteiger charge is 2.02. The molecule has 1 atom stereocenters. The van der Waals surface area contributed by atoms with Crippen LogP contribution in [0.5, 0.6) is 0 Å². The van der Waals surface area contributed by atoms with E-state index in [1.165, 1.54) is 17.6 Å². The second kappa shape index (κ2) is 6.72. The lowest BCUT2D eigenvalue weighted by Crippen LogP contribution is -2.27. The predicted octanol–water partition coefficient (Wildman–Crippen LogP) is 4.13. The van der Waals surface area contributed by atoms with E-state index in [1.54, 1.807) is 0 Å². The first-order chi connectivity index (χ1) is 7.63. The fourth-order valence-electron chi connectivity index (χ4n) is 1.47. The van der Waals surface area contributed by atoms with Crippen LogP contribution < -0.4 is 5.32 Å². The van der Waals surface area contributed by atoms with Gasteiger partial charge in [0.25, 0.3) is 0 Å². The molecule has 1 nitrogen and oxygen atoms in total. The highest BCUT2D eigenvalue weighted by Crippen LogP contribution is 2.13. The van der Waals surface area contributed by atoms with Crippen molar-refractivity contribution in [3.8, 4) is 0 Å². The molecule has 0 saturated heterocycles. The van der Waals surface area contributed by atoms with E-state index in [9.17, 15) is 0 Å². The van der Waals surface area contributed by atoms with E-state index in [4.69, 9.17) is 11.6 Å². The van der Waals surface area contributed by atoms with Crippen molar-refractivity contribution in [2.75, 3.05) is 6.54 Å². The minimum atomic E-state index is 0.427. The summed E-state index contributed by atoms with van der Waals surface area (Å²) in [6.07, 6.45) is 3.36. The van der Waals surface area contributed by atoms with Gasteiger partial charge in [-0.25, -0.2) is 0 Å². The van der Waals surface area contributed by atoms with Crippen molar-refractivity contribution in [3.63, 3.8) is 0 Å². The highest BCUT2D eigenvalue weighted by molar-refractivity contribution is 6.30. The van der Waals surface area contributed by atoms with Gasteiger partial charge in [-0.1, -0.05) is 42.3 Å². The molecule has 0 fully saturated rings. The quantitative estimate of drug-likeness (QED) is 0.812. The van der Waals surface area contributed by atoms with Gasteiger partial charge in [0, 0.05) is 11.1 Å². The monoisotopic (exact) mass is 237 g/mol. The Bertz CT molecular complexity index is 340. The van der Waals surface area contributed by atoms with Crippen molar-refractivity contribution >= 4 is 17.7 Å². The molecule has 0 aliphatic carbocycles. The van der Waals surface area contributed by atoms with Crippen LogP contribution in [0.25, 0.3) is 6.08 Å². The molecule has 1 aromatic rings. The Morgan fingerprint density at radius 1 is 1.38 bits per heavy atom. The van der Waals surface area contributed by atoms with Crippen LogP contribution in [0.1, 0.15) is 32.8 Å². The van der Waals surface area contributed by atoms with Crippen molar-refractivity contribution in [2.45, 2.75) is 33.2 Å². The van der Waals surface area contributed by atoms with Gasteiger partial charge in [-0.15, -0.1) is 0 Å². The third kappa shape index (κ3) is 4.38. The van der Waals surface area contributed by atoms with Crippen molar-refractivity contribution in [3.05, 3.63) is 40.4 Å². The Morgan fingerprint density at radius 3 is 2.56 bits per heavy atom. The maximum Gasteiger partial charge on any atom is 0.0406 e. The van der Waals surface area contributed by atoms with E-state index >= 15 is 0 Å². The fraction of sp³-hybridized carbons (Fsp3) is 0.429. The summed E-state index contributed by atoms with van der Waals surface area (Å²) < 4.78 is 0. The van der Waals surface area contributed by atoms with Crippen LogP contribution in [0.4, 0.5) is 0 Å². The Labute approximate surface area is 104 Å². The lowest BCUT2D eigenvalue weighted by Gasteiger charge is -2.13. The molecule has 0 aliphatic heterocycles. The first kappa shape index (κ1) is 13.3. The summed E-state index contributed by atoms with van der Waals surface area (Å²) in [5, 5.41) is 4.25. The van der Waals surface area contributed by atoms with Crippen LogP contribution in [0, 0.1) is 0 Å². The Hall–Kier alpha value is -0.790. The Balaban J connectivity index is 2.64. The fourth-order valence-corrected chi connectivity index (χ4v) is 1.59. The molecule has 88 valence electrons. The number of rotatable bonds is 5. The van der Waals surface area contributed by atoms with E-state index in [1.807, 2.05) is 24.3 Å². The average molecular weight is 238 g/mol. The zero-order chi connectivity index (χ0) is 12.0. The zero-order valence-corrected chi connectivity index (χ0v) is 11.0. The van der Waals surface area contributed by atoms with Crippen LogP contribution >= 0.6 is 11.6 Å². The average Bonchev–Trinajstić information content (AvgIpc) is 2.29. The molecule has 0 spiro atoms. The Morgan fingerprint density at radius 2 is 2.00 bits per heavy atom. The van der Waals surface area contributed by atoms with Gasteiger partial charge in [0.15, 0.2) is 0 Å². The van der Waals surface area contributed by atoms with Crippen molar-refractivity contribution in [2.24, 2.45) is 0 Å². The van der Waals surface area contributed by atoms with Gasteiger partial charge in [-0.3, -0.25) is 0 Å². The number of halogens is 1. The molecule has 0 aromatic heterocycles. The molecular weight excluding hydrogens is 218 g/mol. The van der Waals surface area contributed by atoms with Crippen LogP contribution in [0.2, 0.25) is 5.02 Å². The van der Waals surface area contributed by atoms with Crippen LogP contribution in [0.3, 0.4) is 0 Å². The molecule has 1 aromatic carbocycles. The third-order valence-electron chi connectivity index (χ3n) is 2.65. The first-order valence-electron chi connectivity index (χ1n) is 5.80. The van der Waals surface area contributed by atoms with Gasteiger partial charge < -0.3 is 5.32 Å². The number of hydrogen-bond donors (Lipinski definition) is 1. The molecule has 0 aliphatic rings. The maximum atomic E-state index is 5.85. The van der Waals surface area contributed by atoms with E-state index in [2.05, 4.69) is 32.2 Å². The topological polar surface area (TPSA) is 12.0 Å².